The van der Waals surface area contributed by atoms with Crippen molar-refractivity contribution in [2.24, 2.45) is 0 Å². The van der Waals surface area contributed by atoms with Crippen molar-refractivity contribution in [1.29, 1.82) is 0 Å². The van der Waals surface area contributed by atoms with Gasteiger partial charge in [0.2, 0.25) is 5.91 Å². The maximum atomic E-state index is 12.6. The van der Waals surface area contributed by atoms with Crippen LogP contribution in [0.5, 0.6) is 11.5 Å². The van der Waals surface area contributed by atoms with E-state index in [-0.39, 0.29) is 18.2 Å². The van der Waals surface area contributed by atoms with Gasteiger partial charge in [0.25, 0.3) is 5.91 Å². The van der Waals surface area contributed by atoms with Crippen LogP contribution in [0.15, 0.2) is 34.9 Å². The number of hydrogen-bond acceptors (Lipinski definition) is 5. The van der Waals surface area contributed by atoms with Crippen LogP contribution in [0.1, 0.15) is 16.1 Å². The monoisotopic (exact) mass is 390 g/mol. The van der Waals surface area contributed by atoms with Crippen LogP contribution < -0.4 is 9.47 Å². The maximum Gasteiger partial charge on any atom is 0.289 e. The summed E-state index contributed by atoms with van der Waals surface area (Å²) in [5, 5.41) is 0.448. The molecule has 7 nitrogen and oxygen atoms in total. The number of halogens is 1. The summed E-state index contributed by atoms with van der Waals surface area (Å²) in [6, 6.07) is 6.87. The number of carbonyl (C=O) groups excluding carboxylic acids is 2. The Bertz CT molecular complexity index is 844. The Kier molecular flexibility index (Phi) is 4.94. The Morgan fingerprint density at radius 1 is 1.04 bits per heavy atom. The predicted octanol–water partition coefficient (Wildman–Crippen LogP) is 2.23. The summed E-state index contributed by atoms with van der Waals surface area (Å²) in [7, 11) is 0. The Balaban J connectivity index is 1.36. The van der Waals surface area contributed by atoms with Gasteiger partial charge in [0, 0.05) is 26.2 Å². The number of ether oxygens (including phenoxy) is 2. The Morgan fingerprint density at radius 3 is 2.52 bits per heavy atom. The van der Waals surface area contributed by atoms with E-state index in [9.17, 15) is 9.59 Å². The van der Waals surface area contributed by atoms with Gasteiger partial charge in [-0.05, 0) is 29.8 Å². The van der Waals surface area contributed by atoms with Crippen molar-refractivity contribution >= 4 is 23.4 Å². The van der Waals surface area contributed by atoms with Gasteiger partial charge < -0.3 is 23.7 Å². The Hall–Kier alpha value is -2.67. The number of rotatable bonds is 3. The standard InChI is InChI=1S/C19H19ClN2O5/c20-14-10-13(11-16-18(14)27-9-8-26-16)12-17(23)21-3-5-22(6-4-21)19(24)15-2-1-7-25-15/h1-2,7,10-11H,3-6,8-9,12H2. The molecule has 0 unspecified atom stereocenters. The second kappa shape index (κ2) is 7.52. The number of furan rings is 1. The molecule has 27 heavy (non-hydrogen) atoms. The highest BCUT2D eigenvalue weighted by atomic mass is 35.5. The average molecular weight is 391 g/mol. The first-order chi connectivity index (χ1) is 13.1. The van der Waals surface area contributed by atoms with E-state index >= 15 is 0 Å². The third kappa shape index (κ3) is 3.73. The first-order valence-electron chi connectivity index (χ1n) is 8.80. The number of carbonyl (C=O) groups is 2. The van der Waals surface area contributed by atoms with Gasteiger partial charge in [-0.15, -0.1) is 0 Å². The van der Waals surface area contributed by atoms with Crippen LogP contribution in [-0.4, -0.2) is 61.0 Å². The van der Waals surface area contributed by atoms with Crippen LogP contribution >= 0.6 is 11.6 Å². The molecule has 0 saturated carbocycles. The van der Waals surface area contributed by atoms with Gasteiger partial charge in [0.05, 0.1) is 17.7 Å². The lowest BCUT2D eigenvalue weighted by Gasteiger charge is -2.34. The first kappa shape index (κ1) is 17.7. The summed E-state index contributed by atoms with van der Waals surface area (Å²) in [4.78, 5) is 28.4. The number of nitrogens with zero attached hydrogens (tertiary/aromatic N) is 2. The minimum atomic E-state index is -0.147. The lowest BCUT2D eigenvalue weighted by molar-refractivity contribution is -0.131. The van der Waals surface area contributed by atoms with E-state index in [0.29, 0.717) is 61.7 Å². The van der Waals surface area contributed by atoms with Gasteiger partial charge in [-0.2, -0.15) is 0 Å². The Morgan fingerprint density at radius 2 is 1.78 bits per heavy atom. The highest BCUT2D eigenvalue weighted by molar-refractivity contribution is 6.32. The smallest absolute Gasteiger partial charge is 0.289 e. The molecule has 142 valence electrons. The van der Waals surface area contributed by atoms with Crippen LogP contribution in [0.2, 0.25) is 5.02 Å². The van der Waals surface area contributed by atoms with Crippen LogP contribution in [0.4, 0.5) is 0 Å². The van der Waals surface area contributed by atoms with E-state index in [4.69, 9.17) is 25.5 Å². The third-order valence-corrected chi connectivity index (χ3v) is 4.94. The molecule has 1 aromatic heterocycles. The predicted molar refractivity (Wildman–Crippen MR) is 97.3 cm³/mol. The molecule has 0 spiro atoms. The molecule has 4 rings (SSSR count). The minimum absolute atomic E-state index is 0.00663. The number of benzene rings is 1. The zero-order valence-corrected chi connectivity index (χ0v) is 15.4. The van der Waals surface area contributed by atoms with Gasteiger partial charge in [-0.3, -0.25) is 9.59 Å². The average Bonchev–Trinajstić information content (AvgIpc) is 3.22. The molecule has 1 saturated heterocycles. The number of fused-ring (bicyclic) bond motifs is 1. The van der Waals surface area contributed by atoms with Crippen LogP contribution in [0.25, 0.3) is 0 Å². The van der Waals surface area contributed by atoms with Gasteiger partial charge >= 0.3 is 0 Å². The summed E-state index contributed by atoms with van der Waals surface area (Å²) in [6.45, 7) is 2.87. The maximum absolute atomic E-state index is 12.6. The fourth-order valence-corrected chi connectivity index (χ4v) is 3.56. The van der Waals surface area contributed by atoms with E-state index in [2.05, 4.69) is 0 Å². The second-order valence-electron chi connectivity index (χ2n) is 6.43. The molecule has 0 aliphatic carbocycles. The third-order valence-electron chi connectivity index (χ3n) is 4.66. The molecule has 0 N–H and O–H groups in total. The molecule has 1 fully saturated rings. The fourth-order valence-electron chi connectivity index (χ4n) is 3.27. The normalized spacial score (nSPS) is 16.3. The van der Waals surface area contributed by atoms with E-state index < -0.39 is 0 Å². The van der Waals surface area contributed by atoms with Crippen molar-refractivity contribution in [2.45, 2.75) is 6.42 Å². The quantitative estimate of drug-likeness (QED) is 0.803. The highest BCUT2D eigenvalue weighted by Gasteiger charge is 2.26. The second-order valence-corrected chi connectivity index (χ2v) is 6.84. The van der Waals surface area contributed by atoms with E-state index in [1.165, 1.54) is 6.26 Å². The van der Waals surface area contributed by atoms with E-state index in [1.54, 1.807) is 34.1 Å². The largest absolute Gasteiger partial charge is 0.486 e. The van der Waals surface area contributed by atoms with Gasteiger partial charge in [0.15, 0.2) is 17.3 Å². The first-order valence-corrected chi connectivity index (χ1v) is 9.18. The van der Waals surface area contributed by atoms with Crippen molar-refractivity contribution < 1.29 is 23.5 Å². The number of hydrogen-bond donors (Lipinski definition) is 0. The summed E-state index contributed by atoms with van der Waals surface area (Å²) in [6.07, 6.45) is 1.70. The van der Waals surface area contributed by atoms with Crippen molar-refractivity contribution in [3.63, 3.8) is 0 Å². The molecule has 0 atom stereocenters. The zero-order valence-electron chi connectivity index (χ0n) is 14.7. The zero-order chi connectivity index (χ0) is 18.8. The van der Waals surface area contributed by atoms with Crippen LogP contribution in [0, 0.1) is 0 Å². The number of amides is 2. The molecule has 2 aliphatic rings. The molecule has 2 amide bonds. The lowest BCUT2D eigenvalue weighted by Crippen LogP contribution is -2.50. The summed E-state index contributed by atoms with van der Waals surface area (Å²) in [5.74, 6) is 1.27. The molecular formula is C19H19ClN2O5. The molecule has 3 heterocycles. The molecule has 0 radical (unpaired) electrons. The van der Waals surface area contributed by atoms with Crippen molar-refractivity contribution in [1.82, 2.24) is 9.80 Å². The Labute approximate surface area is 161 Å². The molecule has 1 aromatic carbocycles. The molecule has 8 heteroatoms. The van der Waals surface area contributed by atoms with Crippen molar-refractivity contribution in [2.75, 3.05) is 39.4 Å². The summed E-state index contributed by atoms with van der Waals surface area (Å²) in [5.41, 5.74) is 0.781. The van der Waals surface area contributed by atoms with Gasteiger partial charge in [-0.1, -0.05) is 11.6 Å². The topological polar surface area (TPSA) is 72.2 Å². The summed E-state index contributed by atoms with van der Waals surface area (Å²) < 4.78 is 16.2. The van der Waals surface area contributed by atoms with Crippen LogP contribution in [-0.2, 0) is 11.2 Å². The minimum Gasteiger partial charge on any atom is -0.486 e. The molecule has 2 aliphatic heterocycles. The van der Waals surface area contributed by atoms with Crippen LogP contribution in [0.3, 0.4) is 0 Å². The molecule has 0 bridgehead atoms. The van der Waals surface area contributed by atoms with Gasteiger partial charge in [0.1, 0.15) is 13.2 Å². The van der Waals surface area contributed by atoms with E-state index in [1.807, 2.05) is 0 Å². The summed E-state index contributed by atoms with van der Waals surface area (Å²) >= 11 is 6.24. The lowest BCUT2D eigenvalue weighted by atomic mass is 10.1. The van der Waals surface area contributed by atoms with E-state index in [0.717, 1.165) is 5.56 Å². The number of piperazine rings is 1. The molecular weight excluding hydrogens is 372 g/mol. The van der Waals surface area contributed by atoms with Gasteiger partial charge in [-0.25, -0.2) is 0 Å². The molecule has 2 aromatic rings. The highest BCUT2D eigenvalue weighted by Crippen LogP contribution is 2.38. The van der Waals surface area contributed by atoms with Crippen molar-refractivity contribution in [3.8, 4) is 11.5 Å². The SMILES string of the molecule is O=C(Cc1cc(Cl)c2c(c1)OCCO2)N1CCN(C(=O)c2ccco2)CC1. The fraction of sp³-hybridized carbons (Fsp3) is 0.368. The van der Waals surface area contributed by atoms with Crippen molar-refractivity contribution in [3.05, 3.63) is 46.9 Å².